The molecule has 0 saturated heterocycles. The number of nitrogens with one attached hydrogen (secondary N) is 1. The number of ether oxygens (including phenoxy) is 1. The zero-order valence-corrected chi connectivity index (χ0v) is 14.3. The lowest BCUT2D eigenvalue weighted by atomic mass is 10.2. The molecule has 0 fully saturated rings. The van der Waals surface area contributed by atoms with Gasteiger partial charge in [-0.25, -0.2) is 4.98 Å². The average molecular weight is 361 g/mol. The van der Waals surface area contributed by atoms with Gasteiger partial charge in [-0.1, -0.05) is 0 Å². The number of hydrogen-bond acceptors (Lipinski definition) is 4. The second kappa shape index (κ2) is 6.01. The minimum atomic E-state index is 0.607. The maximum Gasteiger partial charge on any atom is 0.227 e. The van der Waals surface area contributed by atoms with Gasteiger partial charge in [-0.05, 0) is 65.7 Å². The van der Waals surface area contributed by atoms with E-state index < -0.39 is 0 Å². The van der Waals surface area contributed by atoms with Crippen LogP contribution in [0.5, 0.6) is 5.75 Å². The van der Waals surface area contributed by atoms with Gasteiger partial charge in [0.05, 0.1) is 11.6 Å². The number of fused-ring (bicyclic) bond motifs is 1. The van der Waals surface area contributed by atoms with E-state index in [0.29, 0.717) is 5.89 Å². The van der Waals surface area contributed by atoms with Gasteiger partial charge in [0.15, 0.2) is 5.58 Å². The van der Waals surface area contributed by atoms with Crippen molar-refractivity contribution in [3.8, 4) is 17.2 Å². The molecule has 0 unspecified atom stereocenters. The first kappa shape index (κ1) is 14.9. The minimum Gasteiger partial charge on any atom is -0.496 e. The molecule has 3 rings (SSSR count). The number of methoxy groups -OCH3 is 1. The first-order valence-corrected chi connectivity index (χ1v) is 7.90. The summed E-state index contributed by atoms with van der Waals surface area (Å²) in [7, 11) is 1.64. The first-order valence-electron chi connectivity index (χ1n) is 7.11. The molecule has 1 heterocycles. The minimum absolute atomic E-state index is 0.607. The summed E-state index contributed by atoms with van der Waals surface area (Å²) < 4.78 is 12.1. The van der Waals surface area contributed by atoms with Crippen molar-refractivity contribution in [1.29, 1.82) is 0 Å². The summed E-state index contributed by atoms with van der Waals surface area (Å²) >= 11 is 3.49. The van der Waals surface area contributed by atoms with Crippen molar-refractivity contribution in [2.24, 2.45) is 0 Å². The Kier molecular flexibility index (Phi) is 4.07. The van der Waals surface area contributed by atoms with Crippen LogP contribution in [0.3, 0.4) is 0 Å². The topological polar surface area (TPSA) is 47.3 Å². The van der Waals surface area contributed by atoms with Gasteiger partial charge < -0.3 is 14.5 Å². The Morgan fingerprint density at radius 3 is 2.77 bits per heavy atom. The number of aryl methyl sites for hydroxylation is 1. The van der Waals surface area contributed by atoms with Crippen LogP contribution < -0.4 is 10.1 Å². The molecular formula is C17H17BrN2O2. The molecule has 0 spiro atoms. The summed E-state index contributed by atoms with van der Waals surface area (Å²) in [6.45, 7) is 4.98. The molecular weight excluding hydrogens is 344 g/mol. The molecule has 0 bridgehead atoms. The number of hydrogen-bond donors (Lipinski definition) is 1. The van der Waals surface area contributed by atoms with Crippen LogP contribution in [0.15, 0.2) is 39.2 Å². The van der Waals surface area contributed by atoms with Gasteiger partial charge in [-0.15, -0.1) is 0 Å². The molecule has 1 aromatic heterocycles. The molecule has 0 amide bonds. The Bertz CT molecular complexity index is 827. The highest BCUT2D eigenvalue weighted by Gasteiger charge is 2.13. The number of rotatable bonds is 4. The summed E-state index contributed by atoms with van der Waals surface area (Å²) in [5.41, 5.74) is 4.72. The summed E-state index contributed by atoms with van der Waals surface area (Å²) in [6.07, 6.45) is 0. The second-order valence-electron chi connectivity index (χ2n) is 5.04. The number of anilines is 1. The van der Waals surface area contributed by atoms with Crippen LogP contribution in [-0.4, -0.2) is 18.6 Å². The zero-order chi connectivity index (χ0) is 15.7. The van der Waals surface area contributed by atoms with Crippen LogP contribution in [0.2, 0.25) is 0 Å². The number of nitrogens with zero attached hydrogens (tertiary/aromatic N) is 1. The lowest BCUT2D eigenvalue weighted by Crippen LogP contribution is -1.96. The molecule has 5 heteroatoms. The number of halogens is 1. The SMILES string of the molecule is CCNc1cc(C)c2oc(-c3ccc(OC)c(Br)c3)nc2c1. The normalized spacial score (nSPS) is 10.9. The van der Waals surface area contributed by atoms with Crippen LogP contribution in [0, 0.1) is 6.92 Å². The van der Waals surface area contributed by atoms with Gasteiger partial charge in [0.1, 0.15) is 11.3 Å². The summed E-state index contributed by atoms with van der Waals surface area (Å²) in [5, 5.41) is 3.31. The molecule has 4 nitrogen and oxygen atoms in total. The fourth-order valence-electron chi connectivity index (χ4n) is 2.43. The Morgan fingerprint density at radius 2 is 2.09 bits per heavy atom. The highest BCUT2D eigenvalue weighted by molar-refractivity contribution is 9.10. The van der Waals surface area contributed by atoms with E-state index in [9.17, 15) is 0 Å². The van der Waals surface area contributed by atoms with E-state index in [-0.39, 0.29) is 0 Å². The maximum absolute atomic E-state index is 5.95. The molecule has 0 aliphatic carbocycles. The van der Waals surface area contributed by atoms with Crippen molar-refractivity contribution in [3.63, 3.8) is 0 Å². The highest BCUT2D eigenvalue weighted by atomic mass is 79.9. The smallest absolute Gasteiger partial charge is 0.227 e. The van der Waals surface area contributed by atoms with E-state index in [2.05, 4.69) is 39.2 Å². The van der Waals surface area contributed by atoms with E-state index in [1.807, 2.05) is 31.2 Å². The molecule has 0 aliphatic rings. The predicted octanol–water partition coefficient (Wildman–Crippen LogP) is 5.01. The van der Waals surface area contributed by atoms with E-state index in [4.69, 9.17) is 9.15 Å². The van der Waals surface area contributed by atoms with Crippen LogP contribution in [-0.2, 0) is 0 Å². The van der Waals surface area contributed by atoms with Crippen LogP contribution in [0.1, 0.15) is 12.5 Å². The third-order valence-corrected chi connectivity index (χ3v) is 4.08. The van der Waals surface area contributed by atoms with Crippen molar-refractivity contribution in [3.05, 3.63) is 40.4 Å². The quantitative estimate of drug-likeness (QED) is 0.710. The van der Waals surface area contributed by atoms with Gasteiger partial charge >= 0.3 is 0 Å². The van der Waals surface area contributed by atoms with Crippen LogP contribution in [0.4, 0.5) is 5.69 Å². The van der Waals surface area contributed by atoms with Gasteiger partial charge in [0.25, 0.3) is 0 Å². The Balaban J connectivity index is 2.08. The lowest BCUT2D eigenvalue weighted by Gasteiger charge is -2.03. The number of oxazole rings is 1. The van der Waals surface area contributed by atoms with Crippen molar-refractivity contribution < 1.29 is 9.15 Å². The van der Waals surface area contributed by atoms with E-state index in [0.717, 1.165) is 44.7 Å². The fraction of sp³-hybridized carbons (Fsp3) is 0.235. The predicted molar refractivity (Wildman–Crippen MR) is 92.6 cm³/mol. The van der Waals surface area contributed by atoms with E-state index in [1.54, 1.807) is 7.11 Å². The molecule has 1 N–H and O–H groups in total. The van der Waals surface area contributed by atoms with Crippen molar-refractivity contribution in [2.45, 2.75) is 13.8 Å². The second-order valence-corrected chi connectivity index (χ2v) is 5.89. The van der Waals surface area contributed by atoms with Crippen LogP contribution in [0.25, 0.3) is 22.6 Å². The third kappa shape index (κ3) is 2.68. The maximum atomic E-state index is 5.95. The molecule has 0 aliphatic heterocycles. The average Bonchev–Trinajstić information content (AvgIpc) is 2.92. The standard InChI is InChI=1S/C17H17BrN2O2/c1-4-19-12-7-10(2)16-14(9-12)20-17(22-16)11-5-6-15(21-3)13(18)8-11/h5-9,19H,4H2,1-3H3. The summed E-state index contributed by atoms with van der Waals surface area (Å²) in [5.74, 6) is 1.39. The zero-order valence-electron chi connectivity index (χ0n) is 12.7. The molecule has 0 saturated carbocycles. The van der Waals surface area contributed by atoms with Crippen molar-refractivity contribution in [1.82, 2.24) is 4.98 Å². The molecule has 2 aromatic carbocycles. The fourth-order valence-corrected chi connectivity index (χ4v) is 2.97. The highest BCUT2D eigenvalue weighted by Crippen LogP contribution is 2.33. The summed E-state index contributed by atoms with van der Waals surface area (Å²) in [6, 6.07) is 9.87. The largest absolute Gasteiger partial charge is 0.496 e. The van der Waals surface area contributed by atoms with Crippen molar-refractivity contribution >= 4 is 32.7 Å². The van der Waals surface area contributed by atoms with Gasteiger partial charge in [0, 0.05) is 17.8 Å². The van der Waals surface area contributed by atoms with Gasteiger partial charge in [-0.2, -0.15) is 0 Å². The molecule has 114 valence electrons. The van der Waals surface area contributed by atoms with E-state index >= 15 is 0 Å². The summed E-state index contributed by atoms with van der Waals surface area (Å²) in [4.78, 5) is 4.61. The Morgan fingerprint density at radius 1 is 1.27 bits per heavy atom. The van der Waals surface area contributed by atoms with Crippen LogP contribution >= 0.6 is 15.9 Å². The lowest BCUT2D eigenvalue weighted by molar-refractivity contribution is 0.412. The number of aromatic nitrogens is 1. The van der Waals surface area contributed by atoms with Crippen molar-refractivity contribution in [2.75, 3.05) is 19.0 Å². The molecule has 3 aromatic rings. The number of benzene rings is 2. The monoisotopic (exact) mass is 360 g/mol. The molecule has 22 heavy (non-hydrogen) atoms. The third-order valence-electron chi connectivity index (χ3n) is 3.46. The molecule has 0 atom stereocenters. The Labute approximate surface area is 137 Å². The first-order chi connectivity index (χ1) is 10.6. The molecule has 0 radical (unpaired) electrons. The Hall–Kier alpha value is -2.01. The van der Waals surface area contributed by atoms with Gasteiger partial charge in [0.2, 0.25) is 5.89 Å². The van der Waals surface area contributed by atoms with E-state index in [1.165, 1.54) is 0 Å². The van der Waals surface area contributed by atoms with Gasteiger partial charge in [-0.3, -0.25) is 0 Å².